The predicted molar refractivity (Wildman–Crippen MR) is 122 cm³/mol. The van der Waals surface area contributed by atoms with Crippen LogP contribution in [0.2, 0.25) is 0 Å². The second-order valence-corrected chi connectivity index (χ2v) is 7.31. The molecule has 0 aliphatic rings. The largest absolute Gasteiger partial charge is 0.493 e. The van der Waals surface area contributed by atoms with Crippen LogP contribution in [-0.4, -0.2) is 42.5 Å². The summed E-state index contributed by atoms with van der Waals surface area (Å²) in [6.45, 7) is 4.01. The minimum absolute atomic E-state index is 0.0542. The van der Waals surface area contributed by atoms with Crippen LogP contribution in [0.25, 0.3) is 10.9 Å². The third-order valence-electron chi connectivity index (χ3n) is 4.42. The smallest absolute Gasteiger partial charge is 0.262 e. The molecule has 0 atom stereocenters. The first kappa shape index (κ1) is 22.2. The van der Waals surface area contributed by atoms with Crippen LogP contribution >= 0.6 is 11.8 Å². The molecular weight excluding hydrogens is 418 g/mol. The van der Waals surface area contributed by atoms with E-state index in [1.54, 1.807) is 36.4 Å². The minimum atomic E-state index is -0.271. The van der Waals surface area contributed by atoms with Gasteiger partial charge in [0.2, 0.25) is 11.7 Å². The Morgan fingerprint density at radius 3 is 2.45 bits per heavy atom. The van der Waals surface area contributed by atoms with Crippen LogP contribution in [0.1, 0.15) is 0 Å². The molecule has 0 saturated carbocycles. The molecule has 1 N–H and O–H groups in total. The summed E-state index contributed by atoms with van der Waals surface area (Å²) in [6.07, 6.45) is 1.62. The fourth-order valence-electron chi connectivity index (χ4n) is 3.03. The number of hydrogen-bond acceptors (Lipinski definition) is 7. The Morgan fingerprint density at radius 1 is 1.16 bits per heavy atom. The van der Waals surface area contributed by atoms with E-state index in [0.717, 1.165) is 0 Å². The highest BCUT2D eigenvalue weighted by atomic mass is 32.2. The molecule has 9 heteroatoms. The molecule has 1 aromatic heterocycles. The van der Waals surface area contributed by atoms with E-state index in [-0.39, 0.29) is 17.2 Å². The topological polar surface area (TPSA) is 91.7 Å². The van der Waals surface area contributed by atoms with Crippen molar-refractivity contribution in [3.8, 4) is 17.2 Å². The molecule has 0 saturated heterocycles. The maximum absolute atomic E-state index is 12.8. The summed E-state index contributed by atoms with van der Waals surface area (Å²) in [5, 5.41) is 3.78. The van der Waals surface area contributed by atoms with Crippen molar-refractivity contribution in [2.45, 2.75) is 11.7 Å². The van der Waals surface area contributed by atoms with E-state index in [9.17, 15) is 9.59 Å². The average molecular weight is 442 g/mol. The van der Waals surface area contributed by atoms with Gasteiger partial charge in [0, 0.05) is 24.4 Å². The number of rotatable bonds is 9. The van der Waals surface area contributed by atoms with E-state index in [2.05, 4.69) is 16.9 Å². The van der Waals surface area contributed by atoms with E-state index in [4.69, 9.17) is 14.2 Å². The van der Waals surface area contributed by atoms with Crippen molar-refractivity contribution < 1.29 is 19.0 Å². The van der Waals surface area contributed by atoms with Crippen LogP contribution in [0.4, 0.5) is 5.69 Å². The van der Waals surface area contributed by atoms with Crippen LogP contribution in [0.3, 0.4) is 0 Å². The van der Waals surface area contributed by atoms with Gasteiger partial charge in [-0.25, -0.2) is 4.98 Å². The summed E-state index contributed by atoms with van der Waals surface area (Å²) in [4.78, 5) is 29.9. The number of carbonyl (C=O) groups is 1. The molecule has 3 rings (SSSR count). The molecule has 162 valence electrons. The number of carbonyl (C=O) groups excluding carboxylic acids is 1. The molecule has 8 nitrogen and oxygen atoms in total. The molecule has 0 bridgehead atoms. The highest BCUT2D eigenvalue weighted by Crippen LogP contribution is 2.40. The number of methoxy groups -OCH3 is 3. The average Bonchev–Trinajstić information content (AvgIpc) is 2.79. The molecule has 2 aromatic carbocycles. The van der Waals surface area contributed by atoms with Crippen LogP contribution in [0, 0.1) is 0 Å². The van der Waals surface area contributed by atoms with Crippen LogP contribution in [0.5, 0.6) is 17.2 Å². The fraction of sp³-hybridized carbons (Fsp3) is 0.227. The van der Waals surface area contributed by atoms with Crippen molar-refractivity contribution in [2.24, 2.45) is 0 Å². The minimum Gasteiger partial charge on any atom is -0.493 e. The van der Waals surface area contributed by atoms with Crippen molar-refractivity contribution >= 4 is 34.3 Å². The zero-order valence-electron chi connectivity index (χ0n) is 17.5. The molecule has 0 radical (unpaired) electrons. The highest BCUT2D eigenvalue weighted by molar-refractivity contribution is 7.99. The van der Waals surface area contributed by atoms with Gasteiger partial charge in [0.1, 0.15) is 0 Å². The number of ether oxygens (including phenoxy) is 3. The molecule has 1 amide bonds. The first-order chi connectivity index (χ1) is 15.0. The van der Waals surface area contributed by atoms with Gasteiger partial charge in [0.05, 0.1) is 38.0 Å². The lowest BCUT2D eigenvalue weighted by Crippen LogP contribution is -2.23. The van der Waals surface area contributed by atoms with E-state index >= 15 is 0 Å². The zero-order valence-corrected chi connectivity index (χ0v) is 18.3. The van der Waals surface area contributed by atoms with Gasteiger partial charge in [-0.05, 0) is 12.1 Å². The zero-order chi connectivity index (χ0) is 22.4. The van der Waals surface area contributed by atoms with Crippen molar-refractivity contribution in [1.82, 2.24) is 9.55 Å². The maximum atomic E-state index is 12.8. The Morgan fingerprint density at radius 2 is 1.84 bits per heavy atom. The van der Waals surface area contributed by atoms with Gasteiger partial charge in [-0.3, -0.25) is 14.2 Å². The number of aromatic nitrogens is 2. The molecule has 0 spiro atoms. The van der Waals surface area contributed by atoms with E-state index < -0.39 is 0 Å². The van der Waals surface area contributed by atoms with Crippen LogP contribution in [0.15, 0.2) is 59.0 Å². The predicted octanol–water partition coefficient (Wildman–Crippen LogP) is 3.34. The van der Waals surface area contributed by atoms with Gasteiger partial charge >= 0.3 is 0 Å². The molecule has 31 heavy (non-hydrogen) atoms. The number of benzene rings is 2. The van der Waals surface area contributed by atoms with E-state index in [1.807, 2.05) is 6.07 Å². The highest BCUT2D eigenvalue weighted by Gasteiger charge is 2.16. The third kappa shape index (κ3) is 4.83. The van der Waals surface area contributed by atoms with Gasteiger partial charge in [-0.2, -0.15) is 0 Å². The second-order valence-electron chi connectivity index (χ2n) is 6.37. The summed E-state index contributed by atoms with van der Waals surface area (Å²) in [5.41, 5.74) is 0.911. The van der Waals surface area contributed by atoms with Crippen molar-refractivity contribution in [3.63, 3.8) is 0 Å². The SMILES string of the molecule is C=CCn1c(SCC(=O)Nc2cc(OC)c(OC)c(OC)c2)nc2ccccc2c1=O. The number of para-hydroxylation sites is 1. The number of allylic oxidation sites excluding steroid dienone is 1. The number of thioether (sulfide) groups is 1. The fourth-order valence-corrected chi connectivity index (χ4v) is 3.84. The summed E-state index contributed by atoms with van der Waals surface area (Å²) in [6, 6.07) is 10.4. The van der Waals surface area contributed by atoms with Gasteiger partial charge in [-0.1, -0.05) is 30.0 Å². The lowest BCUT2D eigenvalue weighted by atomic mass is 10.2. The summed E-state index contributed by atoms with van der Waals surface area (Å²) in [5.74, 6) is 1.08. The van der Waals surface area contributed by atoms with Crippen LogP contribution < -0.4 is 25.1 Å². The van der Waals surface area contributed by atoms with Gasteiger partial charge in [-0.15, -0.1) is 6.58 Å². The molecular formula is C22H23N3O5S. The molecule has 1 heterocycles. The molecule has 0 aliphatic heterocycles. The summed E-state index contributed by atoms with van der Waals surface area (Å²) < 4.78 is 17.4. The monoisotopic (exact) mass is 441 g/mol. The number of nitrogens with zero attached hydrogens (tertiary/aromatic N) is 2. The Labute approximate surface area is 183 Å². The molecule has 0 fully saturated rings. The molecule has 0 unspecified atom stereocenters. The number of fused-ring (bicyclic) bond motifs is 1. The van der Waals surface area contributed by atoms with Crippen molar-refractivity contribution in [3.05, 3.63) is 59.4 Å². The lowest BCUT2D eigenvalue weighted by Gasteiger charge is -2.15. The van der Waals surface area contributed by atoms with E-state index in [0.29, 0.717) is 45.5 Å². The number of nitrogens with one attached hydrogen (secondary N) is 1. The quantitative estimate of drug-likeness (QED) is 0.309. The van der Waals surface area contributed by atoms with Gasteiger partial charge < -0.3 is 19.5 Å². The Bertz CT molecular complexity index is 1150. The van der Waals surface area contributed by atoms with Gasteiger partial charge in [0.25, 0.3) is 5.56 Å². The van der Waals surface area contributed by atoms with Crippen molar-refractivity contribution in [2.75, 3.05) is 32.4 Å². The number of hydrogen-bond donors (Lipinski definition) is 1. The number of anilines is 1. The maximum Gasteiger partial charge on any atom is 0.262 e. The lowest BCUT2D eigenvalue weighted by molar-refractivity contribution is -0.113. The van der Waals surface area contributed by atoms with Crippen LogP contribution in [-0.2, 0) is 11.3 Å². The number of amides is 1. The third-order valence-corrected chi connectivity index (χ3v) is 5.40. The molecule has 0 aliphatic carbocycles. The summed E-state index contributed by atoms with van der Waals surface area (Å²) >= 11 is 1.18. The van der Waals surface area contributed by atoms with Crippen molar-refractivity contribution in [1.29, 1.82) is 0 Å². The summed E-state index contributed by atoms with van der Waals surface area (Å²) in [7, 11) is 4.51. The first-order valence-corrected chi connectivity index (χ1v) is 10.3. The standard InChI is InChI=1S/C22H23N3O5S/c1-5-10-25-21(27)15-8-6-7-9-16(15)24-22(25)31-13-19(26)23-14-11-17(28-2)20(30-4)18(12-14)29-3/h5-9,11-12H,1,10,13H2,2-4H3,(H,23,26). The molecule has 3 aromatic rings. The second kappa shape index (κ2) is 10.0. The normalized spacial score (nSPS) is 10.5. The van der Waals surface area contributed by atoms with E-state index in [1.165, 1.54) is 37.7 Å². The van der Waals surface area contributed by atoms with Gasteiger partial charge in [0.15, 0.2) is 16.7 Å². The Balaban J connectivity index is 1.81. The Kier molecular flexibility index (Phi) is 7.19. The first-order valence-electron chi connectivity index (χ1n) is 9.35. The Hall–Kier alpha value is -3.46.